The molecular formula is C25H49ClN6O3. The first-order valence-corrected chi connectivity index (χ1v) is 13.2. The fourth-order valence-corrected chi connectivity index (χ4v) is 4.10. The summed E-state index contributed by atoms with van der Waals surface area (Å²) >= 11 is 0. The first kappa shape index (κ1) is 33.0. The molecule has 0 fully saturated rings. The standard InChI is InChI=1S/C25H48N6O3.ClH/c1-2-3-4-5-6-7-8-9-11-15-20-22(21(16-14-18-32)31-25(28)30-20)23(33)34-19-13-10-12-17-29-24(26)27;/h20,32H,2-19H2,1H3,(H4,26,27,29)(H3,28,30,31);1H. The predicted octanol–water partition coefficient (Wildman–Crippen LogP) is 3.63. The van der Waals surface area contributed by atoms with Crippen molar-refractivity contribution >= 4 is 30.3 Å². The predicted molar refractivity (Wildman–Crippen MR) is 146 cm³/mol. The Balaban J connectivity index is 0.0000116. The molecule has 35 heavy (non-hydrogen) atoms. The minimum Gasteiger partial charge on any atom is -0.462 e. The number of hydrogen-bond donors (Lipinski definition) is 5. The number of aliphatic imine (C=N–C) groups is 2. The lowest BCUT2D eigenvalue weighted by molar-refractivity contribution is -0.139. The minimum atomic E-state index is -0.346. The van der Waals surface area contributed by atoms with E-state index in [0.29, 0.717) is 37.5 Å². The highest BCUT2D eigenvalue weighted by Crippen LogP contribution is 2.25. The number of allylic oxidation sites excluding steroid dienone is 1. The van der Waals surface area contributed by atoms with Gasteiger partial charge in [0.2, 0.25) is 0 Å². The van der Waals surface area contributed by atoms with Crippen LogP contribution in [-0.4, -0.2) is 48.8 Å². The summed E-state index contributed by atoms with van der Waals surface area (Å²) in [5.74, 6) is 0.0726. The van der Waals surface area contributed by atoms with E-state index >= 15 is 0 Å². The number of guanidine groups is 2. The van der Waals surface area contributed by atoms with Crippen molar-refractivity contribution in [3.05, 3.63) is 11.3 Å². The second-order valence-electron chi connectivity index (χ2n) is 8.99. The zero-order valence-electron chi connectivity index (χ0n) is 21.6. The summed E-state index contributed by atoms with van der Waals surface area (Å²) in [6, 6.07) is -0.297. The lowest BCUT2D eigenvalue weighted by Gasteiger charge is -2.26. The van der Waals surface area contributed by atoms with Gasteiger partial charge < -0.3 is 32.4 Å². The molecule has 0 aliphatic carbocycles. The molecule has 204 valence electrons. The van der Waals surface area contributed by atoms with Gasteiger partial charge >= 0.3 is 5.97 Å². The molecule has 1 aliphatic heterocycles. The fourth-order valence-electron chi connectivity index (χ4n) is 4.10. The van der Waals surface area contributed by atoms with Crippen molar-refractivity contribution in [2.24, 2.45) is 27.2 Å². The second-order valence-corrected chi connectivity index (χ2v) is 8.99. The summed E-state index contributed by atoms with van der Waals surface area (Å²) in [5, 5.41) is 12.3. The zero-order valence-corrected chi connectivity index (χ0v) is 22.4. The van der Waals surface area contributed by atoms with E-state index in [0.717, 1.165) is 44.2 Å². The molecule has 1 rings (SSSR count). The average molecular weight is 517 g/mol. The van der Waals surface area contributed by atoms with E-state index in [1.54, 1.807) is 0 Å². The second kappa shape index (κ2) is 21.3. The number of nitrogens with two attached hydrogens (primary N) is 3. The first-order chi connectivity index (χ1) is 16.5. The smallest absolute Gasteiger partial charge is 0.337 e. The molecule has 10 heteroatoms. The van der Waals surface area contributed by atoms with Gasteiger partial charge in [-0.15, -0.1) is 12.4 Å². The normalized spacial score (nSPS) is 15.1. The zero-order chi connectivity index (χ0) is 25.0. The fraction of sp³-hybridized carbons (Fsp3) is 0.800. The molecule has 0 aromatic rings. The third kappa shape index (κ3) is 15.6. The van der Waals surface area contributed by atoms with Gasteiger partial charge in [0, 0.05) is 18.8 Å². The van der Waals surface area contributed by atoms with E-state index < -0.39 is 0 Å². The molecule has 0 saturated carbocycles. The SMILES string of the molecule is CCCCCCCCCCCC1N=C(N)NC(CCCO)=C1C(=O)OCCCCCN=C(N)N.Cl. The number of ether oxygens (including phenoxy) is 1. The Morgan fingerprint density at radius 1 is 1.00 bits per heavy atom. The maximum atomic E-state index is 13.0. The Hall–Kier alpha value is -2.00. The Kier molecular flexibility index (Phi) is 20.1. The van der Waals surface area contributed by atoms with E-state index in [-0.39, 0.29) is 37.0 Å². The Labute approximate surface area is 217 Å². The molecule has 1 atom stereocenters. The molecular weight excluding hydrogens is 468 g/mol. The van der Waals surface area contributed by atoms with Gasteiger partial charge in [-0.2, -0.15) is 0 Å². The number of nitrogens with one attached hydrogen (secondary N) is 1. The Morgan fingerprint density at radius 3 is 2.26 bits per heavy atom. The maximum Gasteiger partial charge on any atom is 0.337 e. The third-order valence-corrected chi connectivity index (χ3v) is 5.95. The van der Waals surface area contributed by atoms with Gasteiger partial charge in [0.1, 0.15) is 0 Å². The number of hydrogen-bond acceptors (Lipinski definition) is 7. The van der Waals surface area contributed by atoms with Crippen LogP contribution in [-0.2, 0) is 9.53 Å². The van der Waals surface area contributed by atoms with E-state index in [1.807, 2.05) is 0 Å². The van der Waals surface area contributed by atoms with Crippen LogP contribution in [0.15, 0.2) is 21.3 Å². The van der Waals surface area contributed by atoms with Crippen molar-refractivity contribution in [2.45, 2.75) is 109 Å². The molecule has 1 unspecified atom stereocenters. The lowest BCUT2D eigenvalue weighted by atomic mass is 9.95. The summed E-state index contributed by atoms with van der Waals surface area (Å²) < 4.78 is 5.58. The van der Waals surface area contributed by atoms with Gasteiger partial charge in [0.25, 0.3) is 0 Å². The van der Waals surface area contributed by atoms with Crippen LogP contribution in [0.1, 0.15) is 103 Å². The molecule has 9 nitrogen and oxygen atoms in total. The van der Waals surface area contributed by atoms with Gasteiger partial charge in [0.05, 0.1) is 18.2 Å². The number of unbranched alkanes of at least 4 members (excludes halogenated alkanes) is 10. The van der Waals surface area contributed by atoms with Crippen LogP contribution >= 0.6 is 12.4 Å². The lowest BCUT2D eigenvalue weighted by Crippen LogP contribution is -2.40. The topological polar surface area (TPSA) is 161 Å². The van der Waals surface area contributed by atoms with E-state index in [4.69, 9.17) is 21.9 Å². The van der Waals surface area contributed by atoms with Crippen LogP contribution in [0.25, 0.3) is 0 Å². The molecule has 0 bridgehead atoms. The number of aliphatic hydroxyl groups is 1. The van der Waals surface area contributed by atoms with Crippen LogP contribution in [0.2, 0.25) is 0 Å². The first-order valence-electron chi connectivity index (χ1n) is 13.2. The largest absolute Gasteiger partial charge is 0.462 e. The molecule has 0 aromatic carbocycles. The van der Waals surface area contributed by atoms with Crippen LogP contribution in [0.5, 0.6) is 0 Å². The van der Waals surface area contributed by atoms with Gasteiger partial charge in [-0.3, -0.25) is 4.99 Å². The average Bonchev–Trinajstić information content (AvgIpc) is 2.80. The monoisotopic (exact) mass is 516 g/mol. The summed E-state index contributed by atoms with van der Waals surface area (Å²) in [5.41, 5.74) is 17.9. The highest BCUT2D eigenvalue weighted by Gasteiger charge is 2.29. The van der Waals surface area contributed by atoms with E-state index in [1.165, 1.54) is 44.9 Å². The molecule has 1 aliphatic rings. The Morgan fingerprint density at radius 2 is 1.63 bits per heavy atom. The van der Waals surface area contributed by atoms with Gasteiger partial charge in [-0.05, 0) is 38.5 Å². The van der Waals surface area contributed by atoms with Crippen LogP contribution < -0.4 is 22.5 Å². The van der Waals surface area contributed by atoms with Crippen LogP contribution in [0, 0.1) is 0 Å². The van der Waals surface area contributed by atoms with Crippen molar-refractivity contribution in [1.29, 1.82) is 0 Å². The van der Waals surface area contributed by atoms with Crippen molar-refractivity contribution in [1.82, 2.24) is 5.32 Å². The molecule has 8 N–H and O–H groups in total. The summed E-state index contributed by atoms with van der Waals surface area (Å²) in [7, 11) is 0. The number of nitrogens with zero attached hydrogens (tertiary/aromatic N) is 2. The molecule has 0 amide bonds. The van der Waals surface area contributed by atoms with Crippen LogP contribution in [0.4, 0.5) is 0 Å². The molecule has 0 spiro atoms. The quantitative estimate of drug-likeness (QED) is 0.0713. The van der Waals surface area contributed by atoms with Crippen LogP contribution in [0.3, 0.4) is 0 Å². The van der Waals surface area contributed by atoms with Gasteiger partial charge in [0.15, 0.2) is 11.9 Å². The Bertz CT molecular complexity index is 666. The molecule has 0 radical (unpaired) electrons. The summed E-state index contributed by atoms with van der Waals surface area (Å²) in [6.45, 7) is 3.19. The number of rotatable bonds is 20. The van der Waals surface area contributed by atoms with Gasteiger partial charge in [-0.25, -0.2) is 9.79 Å². The summed E-state index contributed by atoms with van der Waals surface area (Å²) in [4.78, 5) is 21.5. The number of carbonyl (C=O) groups excluding carboxylic acids is 1. The highest BCUT2D eigenvalue weighted by atomic mass is 35.5. The minimum absolute atomic E-state index is 0. The number of aliphatic hydroxyl groups excluding tert-OH is 1. The third-order valence-electron chi connectivity index (χ3n) is 5.95. The van der Waals surface area contributed by atoms with Crippen molar-refractivity contribution in [2.75, 3.05) is 19.8 Å². The maximum absolute atomic E-state index is 13.0. The molecule has 0 aromatic heterocycles. The molecule has 0 saturated heterocycles. The molecule has 1 heterocycles. The highest BCUT2D eigenvalue weighted by molar-refractivity contribution is 5.94. The van der Waals surface area contributed by atoms with E-state index in [9.17, 15) is 9.90 Å². The van der Waals surface area contributed by atoms with Crippen molar-refractivity contribution in [3.8, 4) is 0 Å². The summed E-state index contributed by atoms with van der Waals surface area (Å²) in [6.07, 6.45) is 15.4. The van der Waals surface area contributed by atoms with Crippen molar-refractivity contribution < 1.29 is 14.6 Å². The number of carbonyl (C=O) groups is 1. The van der Waals surface area contributed by atoms with Crippen molar-refractivity contribution in [3.63, 3.8) is 0 Å². The number of halogens is 1. The van der Waals surface area contributed by atoms with E-state index in [2.05, 4.69) is 22.2 Å². The van der Waals surface area contributed by atoms with Gasteiger partial charge in [-0.1, -0.05) is 64.7 Å². The number of esters is 1.